The number of para-hydroxylation sites is 1. The van der Waals surface area contributed by atoms with Crippen LogP contribution in [0.3, 0.4) is 0 Å². The largest absolute Gasteiger partial charge is 0.483 e. The van der Waals surface area contributed by atoms with E-state index in [4.69, 9.17) is 4.74 Å². The van der Waals surface area contributed by atoms with Gasteiger partial charge in [0.05, 0.1) is 0 Å². The Morgan fingerprint density at radius 3 is 2.67 bits per heavy atom. The smallest absolute Gasteiger partial charge is 0.276 e. The Morgan fingerprint density at radius 1 is 1.28 bits per heavy atom. The number of benzene rings is 1. The highest BCUT2D eigenvalue weighted by Gasteiger charge is 2.29. The van der Waals surface area contributed by atoms with Crippen molar-refractivity contribution in [2.45, 2.75) is 19.8 Å². The summed E-state index contributed by atoms with van der Waals surface area (Å²) in [5, 5.41) is 0. The van der Waals surface area contributed by atoms with E-state index in [9.17, 15) is 9.59 Å². The predicted octanol–water partition coefficient (Wildman–Crippen LogP) is 0.931. The molecule has 18 heavy (non-hydrogen) atoms. The van der Waals surface area contributed by atoms with E-state index >= 15 is 0 Å². The summed E-state index contributed by atoms with van der Waals surface area (Å²) in [5.74, 6) is 0.246. The van der Waals surface area contributed by atoms with Gasteiger partial charge in [-0.15, -0.1) is 0 Å². The molecule has 0 aliphatic heterocycles. The van der Waals surface area contributed by atoms with Crippen molar-refractivity contribution in [3.05, 3.63) is 29.8 Å². The summed E-state index contributed by atoms with van der Waals surface area (Å²) >= 11 is 0. The van der Waals surface area contributed by atoms with Crippen LogP contribution in [0.5, 0.6) is 5.75 Å². The van der Waals surface area contributed by atoms with Crippen LogP contribution in [-0.2, 0) is 9.59 Å². The van der Waals surface area contributed by atoms with Gasteiger partial charge in [0.15, 0.2) is 6.61 Å². The van der Waals surface area contributed by atoms with Crippen LogP contribution in [0.25, 0.3) is 0 Å². The second-order valence-electron chi connectivity index (χ2n) is 4.37. The molecule has 0 radical (unpaired) electrons. The minimum atomic E-state index is -0.368. The molecule has 1 saturated carbocycles. The van der Waals surface area contributed by atoms with Crippen molar-refractivity contribution < 1.29 is 14.3 Å². The van der Waals surface area contributed by atoms with E-state index in [0.717, 1.165) is 18.4 Å². The normalized spacial score (nSPS) is 13.8. The molecule has 2 rings (SSSR count). The molecule has 0 unspecified atom stereocenters. The van der Waals surface area contributed by atoms with E-state index in [2.05, 4.69) is 10.9 Å². The minimum Gasteiger partial charge on any atom is -0.483 e. The lowest BCUT2D eigenvalue weighted by Gasteiger charge is -2.09. The quantitative estimate of drug-likeness (QED) is 0.779. The molecule has 2 N–H and O–H groups in total. The maximum absolute atomic E-state index is 11.4. The maximum Gasteiger partial charge on any atom is 0.276 e. The fourth-order valence-electron chi connectivity index (χ4n) is 1.48. The molecule has 0 saturated heterocycles. The molecule has 0 bridgehead atoms. The van der Waals surface area contributed by atoms with Gasteiger partial charge in [-0.1, -0.05) is 18.2 Å². The van der Waals surface area contributed by atoms with E-state index in [1.54, 1.807) is 6.07 Å². The molecule has 1 fully saturated rings. The van der Waals surface area contributed by atoms with Gasteiger partial charge in [0, 0.05) is 5.92 Å². The highest BCUT2D eigenvalue weighted by Crippen LogP contribution is 2.28. The molecule has 1 aromatic rings. The topological polar surface area (TPSA) is 67.4 Å². The highest BCUT2D eigenvalue weighted by atomic mass is 16.5. The number of carbonyl (C=O) groups excluding carboxylic acids is 2. The number of hydrogen-bond acceptors (Lipinski definition) is 3. The number of hydrazine groups is 1. The van der Waals surface area contributed by atoms with Gasteiger partial charge in [0.2, 0.25) is 5.91 Å². The number of ether oxygens (including phenoxy) is 1. The van der Waals surface area contributed by atoms with Gasteiger partial charge in [-0.05, 0) is 31.4 Å². The molecule has 1 aromatic carbocycles. The Labute approximate surface area is 105 Å². The molecule has 0 spiro atoms. The zero-order chi connectivity index (χ0) is 13.0. The zero-order valence-electron chi connectivity index (χ0n) is 10.2. The number of carbonyl (C=O) groups is 2. The number of aryl methyl sites for hydroxylation is 1. The minimum absolute atomic E-state index is 0.0718. The zero-order valence-corrected chi connectivity index (χ0v) is 10.2. The molecule has 1 aliphatic rings. The number of hydrogen-bond donors (Lipinski definition) is 2. The lowest BCUT2D eigenvalue weighted by Crippen LogP contribution is -2.44. The molecule has 0 heterocycles. The fraction of sp³-hybridized carbons (Fsp3) is 0.385. The fourth-order valence-corrected chi connectivity index (χ4v) is 1.48. The van der Waals surface area contributed by atoms with Gasteiger partial charge in [0.1, 0.15) is 5.75 Å². The Morgan fingerprint density at radius 2 is 2.00 bits per heavy atom. The van der Waals surface area contributed by atoms with Gasteiger partial charge < -0.3 is 4.74 Å². The summed E-state index contributed by atoms with van der Waals surface area (Å²) in [6.45, 7) is 1.79. The van der Waals surface area contributed by atoms with Gasteiger partial charge >= 0.3 is 0 Å². The maximum atomic E-state index is 11.4. The van der Waals surface area contributed by atoms with Crippen LogP contribution in [0.1, 0.15) is 18.4 Å². The van der Waals surface area contributed by atoms with Crippen LogP contribution >= 0.6 is 0 Å². The second kappa shape index (κ2) is 5.53. The first kappa shape index (κ1) is 12.4. The average molecular weight is 248 g/mol. The molecule has 5 heteroatoms. The van der Waals surface area contributed by atoms with Crippen LogP contribution in [-0.4, -0.2) is 18.4 Å². The van der Waals surface area contributed by atoms with Crippen molar-refractivity contribution in [3.8, 4) is 5.75 Å². The van der Waals surface area contributed by atoms with Crippen LogP contribution in [0.4, 0.5) is 0 Å². The van der Waals surface area contributed by atoms with E-state index in [1.165, 1.54) is 0 Å². The van der Waals surface area contributed by atoms with E-state index in [0.29, 0.717) is 5.75 Å². The SMILES string of the molecule is Cc1ccccc1OCC(=O)NNC(=O)C1CC1. The standard InChI is InChI=1S/C13H16N2O3/c1-9-4-2-3-5-11(9)18-8-12(16)14-15-13(17)10-6-7-10/h2-5,10H,6-8H2,1H3,(H,14,16)(H,15,17). The molecule has 96 valence electrons. The van der Waals surface area contributed by atoms with E-state index in [1.807, 2.05) is 25.1 Å². The van der Waals surface area contributed by atoms with Crippen molar-refractivity contribution in [1.29, 1.82) is 0 Å². The first-order valence-corrected chi connectivity index (χ1v) is 5.94. The predicted molar refractivity (Wildman–Crippen MR) is 65.7 cm³/mol. The molecule has 0 atom stereocenters. The third-order valence-electron chi connectivity index (χ3n) is 2.73. The Kier molecular flexibility index (Phi) is 3.82. The summed E-state index contributed by atoms with van der Waals surface area (Å²) in [7, 11) is 0. The van der Waals surface area contributed by atoms with Crippen LogP contribution in [0, 0.1) is 12.8 Å². The monoisotopic (exact) mass is 248 g/mol. The van der Waals surface area contributed by atoms with E-state index < -0.39 is 0 Å². The average Bonchev–Trinajstić information content (AvgIpc) is 3.19. The number of nitrogens with one attached hydrogen (secondary N) is 2. The van der Waals surface area contributed by atoms with Gasteiger partial charge in [-0.2, -0.15) is 0 Å². The Hall–Kier alpha value is -2.04. The van der Waals surface area contributed by atoms with Crippen molar-refractivity contribution >= 4 is 11.8 Å². The molecule has 1 aliphatic carbocycles. The third kappa shape index (κ3) is 3.48. The van der Waals surface area contributed by atoms with Gasteiger partial charge in [-0.3, -0.25) is 20.4 Å². The number of rotatable bonds is 4. The van der Waals surface area contributed by atoms with Crippen molar-refractivity contribution in [1.82, 2.24) is 10.9 Å². The third-order valence-corrected chi connectivity index (χ3v) is 2.73. The second-order valence-corrected chi connectivity index (χ2v) is 4.37. The summed E-state index contributed by atoms with van der Waals surface area (Å²) in [6.07, 6.45) is 1.81. The van der Waals surface area contributed by atoms with E-state index in [-0.39, 0.29) is 24.3 Å². The lowest BCUT2D eigenvalue weighted by molar-refractivity contribution is -0.130. The Balaban J connectivity index is 1.71. The van der Waals surface area contributed by atoms with Crippen LogP contribution in [0.2, 0.25) is 0 Å². The molecular weight excluding hydrogens is 232 g/mol. The van der Waals surface area contributed by atoms with Crippen molar-refractivity contribution in [2.24, 2.45) is 5.92 Å². The molecule has 2 amide bonds. The highest BCUT2D eigenvalue weighted by molar-refractivity contribution is 5.85. The first-order chi connectivity index (χ1) is 8.66. The summed E-state index contributed by atoms with van der Waals surface area (Å²) in [4.78, 5) is 22.7. The van der Waals surface area contributed by atoms with Gasteiger partial charge in [0.25, 0.3) is 5.91 Å². The molecular formula is C13H16N2O3. The molecule has 5 nitrogen and oxygen atoms in total. The van der Waals surface area contributed by atoms with Gasteiger partial charge in [-0.25, -0.2) is 0 Å². The van der Waals surface area contributed by atoms with Crippen molar-refractivity contribution in [2.75, 3.05) is 6.61 Å². The number of amides is 2. The summed E-state index contributed by atoms with van der Waals surface area (Å²) < 4.78 is 5.34. The van der Waals surface area contributed by atoms with Crippen LogP contribution < -0.4 is 15.6 Å². The first-order valence-electron chi connectivity index (χ1n) is 5.94. The lowest BCUT2D eigenvalue weighted by atomic mass is 10.2. The Bertz CT molecular complexity index is 455. The van der Waals surface area contributed by atoms with Crippen LogP contribution in [0.15, 0.2) is 24.3 Å². The van der Waals surface area contributed by atoms with Crippen molar-refractivity contribution in [3.63, 3.8) is 0 Å². The summed E-state index contributed by atoms with van der Waals surface area (Å²) in [5.41, 5.74) is 5.67. The summed E-state index contributed by atoms with van der Waals surface area (Å²) in [6, 6.07) is 7.45. The molecule has 0 aromatic heterocycles.